The molecular formula is C50H64N8O13S. The fourth-order valence-corrected chi connectivity index (χ4v) is 9.77. The molecule has 0 bridgehead atoms. The zero-order valence-corrected chi connectivity index (χ0v) is 41.5. The number of benzene rings is 2. The number of primary amides is 2. The van der Waals surface area contributed by atoms with E-state index in [0.29, 0.717) is 30.4 Å². The smallest absolute Gasteiger partial charge is 0.330 e. The number of hydrogen-bond acceptors (Lipinski definition) is 13. The number of carboxylic acid groups (broad SMARTS) is 1. The maximum Gasteiger partial charge on any atom is 0.330 e. The van der Waals surface area contributed by atoms with Crippen molar-refractivity contribution in [3.8, 4) is 0 Å². The predicted octanol–water partition coefficient (Wildman–Crippen LogP) is -0.984. The topological polar surface area (TPSA) is 341 Å². The first-order valence-corrected chi connectivity index (χ1v) is 24.5. The van der Waals surface area contributed by atoms with Crippen LogP contribution >= 0.6 is 11.8 Å². The normalized spacial score (nSPS) is 23.6. The van der Waals surface area contributed by atoms with E-state index >= 15 is 0 Å². The molecule has 2 aromatic carbocycles. The van der Waals surface area contributed by atoms with E-state index in [1.165, 1.54) is 38.8 Å². The van der Waals surface area contributed by atoms with Crippen LogP contribution in [0.5, 0.6) is 0 Å². The van der Waals surface area contributed by atoms with Gasteiger partial charge >= 0.3 is 11.9 Å². The number of amides is 8. The fraction of sp³-hybridized carbons (Fsp3) is 0.460. The van der Waals surface area contributed by atoms with Crippen molar-refractivity contribution in [2.24, 2.45) is 23.3 Å². The number of hydrogen-bond donors (Lipinski definition) is 9. The second-order valence-corrected chi connectivity index (χ2v) is 18.8. The van der Waals surface area contributed by atoms with Crippen molar-refractivity contribution in [3.63, 3.8) is 0 Å². The van der Waals surface area contributed by atoms with Crippen LogP contribution in [-0.4, -0.2) is 120 Å². The first kappa shape index (κ1) is 57.2. The first-order valence-electron chi connectivity index (χ1n) is 23.5. The van der Waals surface area contributed by atoms with Crippen LogP contribution in [0.25, 0.3) is 10.5 Å². The molecule has 2 aliphatic rings. The summed E-state index contributed by atoms with van der Waals surface area (Å²) in [5.74, 6) is -10.3. The lowest BCUT2D eigenvalue weighted by Crippen LogP contribution is -2.59. The van der Waals surface area contributed by atoms with Crippen molar-refractivity contribution >= 4 is 87.2 Å². The number of carboxylic acids is 1. The maximum absolute atomic E-state index is 14.2. The van der Waals surface area contributed by atoms with E-state index in [-0.39, 0.29) is 43.6 Å². The van der Waals surface area contributed by atoms with Gasteiger partial charge in [0.15, 0.2) is 0 Å². The molecule has 4 rings (SSSR count). The van der Waals surface area contributed by atoms with Crippen molar-refractivity contribution in [3.05, 3.63) is 82.2 Å². The van der Waals surface area contributed by atoms with Crippen molar-refractivity contribution in [2.45, 2.75) is 115 Å². The maximum atomic E-state index is 14.2. The summed E-state index contributed by atoms with van der Waals surface area (Å²) in [6.45, 7) is 3.74. The Kier molecular flexibility index (Phi) is 22.2. The highest BCUT2D eigenvalue weighted by Crippen LogP contribution is 2.40. The second-order valence-electron chi connectivity index (χ2n) is 17.7. The van der Waals surface area contributed by atoms with Crippen LogP contribution in [0.2, 0.25) is 0 Å². The molecule has 0 aromatic heterocycles. The third-order valence-electron chi connectivity index (χ3n) is 12.1. The quantitative estimate of drug-likeness (QED) is 0.0861. The Labute approximate surface area is 420 Å². The van der Waals surface area contributed by atoms with E-state index in [4.69, 9.17) is 16.2 Å². The van der Waals surface area contributed by atoms with Crippen LogP contribution in [0.15, 0.2) is 66.2 Å². The number of nitrogens with two attached hydrogens (primary N) is 2. The van der Waals surface area contributed by atoms with Gasteiger partial charge in [0.05, 0.1) is 13.7 Å². The van der Waals surface area contributed by atoms with Gasteiger partial charge in [-0.15, -0.1) is 11.8 Å². The molecule has 2 aromatic rings. The number of fused-ring (bicyclic) bond motifs is 2. The Hall–Kier alpha value is -7.36. The predicted molar refractivity (Wildman–Crippen MR) is 264 cm³/mol. The molecule has 1 aliphatic carbocycles. The first-order chi connectivity index (χ1) is 34.2. The lowest BCUT2D eigenvalue weighted by Gasteiger charge is -2.26. The molecule has 1 unspecified atom stereocenters. The molecule has 388 valence electrons. The van der Waals surface area contributed by atoms with Gasteiger partial charge in [-0.2, -0.15) is 0 Å². The molecule has 11 N–H and O–H groups in total. The van der Waals surface area contributed by atoms with Gasteiger partial charge < -0.3 is 58.0 Å². The van der Waals surface area contributed by atoms with Gasteiger partial charge in [-0.05, 0) is 73.6 Å². The number of Topliss-reactive ketones (excluding diaryl/α,β-unsaturated/α-hetero) is 1. The largest absolute Gasteiger partial charge is 0.481 e. The van der Waals surface area contributed by atoms with E-state index in [9.17, 15) is 57.8 Å². The molecule has 0 saturated carbocycles. The van der Waals surface area contributed by atoms with Crippen molar-refractivity contribution in [1.29, 1.82) is 0 Å². The van der Waals surface area contributed by atoms with E-state index < -0.39 is 121 Å². The Morgan fingerprint density at radius 1 is 0.736 bits per heavy atom. The third kappa shape index (κ3) is 17.5. The molecule has 1 fully saturated rings. The molecule has 0 radical (unpaired) electrons. The van der Waals surface area contributed by atoms with E-state index in [0.717, 1.165) is 20.9 Å². The summed E-state index contributed by atoms with van der Waals surface area (Å²) in [5, 5.41) is 26.2. The van der Waals surface area contributed by atoms with Crippen molar-refractivity contribution < 1.29 is 62.6 Å². The molecule has 1 heterocycles. The lowest BCUT2D eigenvalue weighted by molar-refractivity contribution is -0.138. The van der Waals surface area contributed by atoms with E-state index in [1.54, 1.807) is 37.3 Å². The number of esters is 1. The number of ether oxygens (including phenoxy) is 1. The summed E-state index contributed by atoms with van der Waals surface area (Å²) in [7, 11) is 1.25. The van der Waals surface area contributed by atoms with Crippen LogP contribution in [0.1, 0.15) is 84.1 Å². The zero-order valence-electron chi connectivity index (χ0n) is 40.7. The Morgan fingerprint density at radius 2 is 1.33 bits per heavy atom. The number of allylic oxidation sites excluding steroid dienone is 1. The number of nitrogens with one attached hydrogen (secondary N) is 6. The number of ketones is 1. The van der Waals surface area contributed by atoms with Gasteiger partial charge in [0.1, 0.15) is 36.0 Å². The zero-order chi connectivity index (χ0) is 53.1. The van der Waals surface area contributed by atoms with Gasteiger partial charge in [0.2, 0.25) is 47.3 Å². The molecule has 0 spiro atoms. The summed E-state index contributed by atoms with van der Waals surface area (Å²) in [4.78, 5) is 145. The summed E-state index contributed by atoms with van der Waals surface area (Å²) in [6, 6.07) is 8.77. The highest BCUT2D eigenvalue weighted by Gasteiger charge is 2.34. The van der Waals surface area contributed by atoms with Gasteiger partial charge in [0.25, 0.3) is 0 Å². The van der Waals surface area contributed by atoms with E-state index in [1.807, 2.05) is 24.3 Å². The summed E-state index contributed by atoms with van der Waals surface area (Å²) in [6.07, 6.45) is 0.993. The average Bonchev–Trinajstić information content (AvgIpc) is 3.64. The monoisotopic (exact) mass is 1020 g/mol. The summed E-state index contributed by atoms with van der Waals surface area (Å²) >= 11 is 1.24. The number of methoxy groups -OCH3 is 1. The van der Waals surface area contributed by atoms with Crippen LogP contribution in [0, 0.1) is 11.8 Å². The molecule has 72 heavy (non-hydrogen) atoms. The van der Waals surface area contributed by atoms with E-state index in [2.05, 4.69) is 31.9 Å². The van der Waals surface area contributed by atoms with Crippen LogP contribution in [0.3, 0.4) is 0 Å². The van der Waals surface area contributed by atoms with Gasteiger partial charge in [-0.25, -0.2) is 4.79 Å². The minimum atomic E-state index is -1.50. The molecule has 1 aliphatic heterocycles. The number of carbonyl (C=O) groups is 11. The third-order valence-corrected chi connectivity index (χ3v) is 13.4. The molecule has 22 heteroatoms. The molecule has 1 saturated heterocycles. The average molecular weight is 1020 g/mol. The minimum absolute atomic E-state index is 0.104. The van der Waals surface area contributed by atoms with Gasteiger partial charge in [-0.1, -0.05) is 67.4 Å². The Bertz CT molecular complexity index is 2550. The van der Waals surface area contributed by atoms with Crippen LogP contribution in [0.4, 0.5) is 0 Å². The van der Waals surface area contributed by atoms with Gasteiger partial charge in [0, 0.05) is 54.3 Å². The summed E-state index contributed by atoms with van der Waals surface area (Å²) < 4.78 is 4.94. The fourth-order valence-electron chi connectivity index (χ4n) is 8.40. The number of aliphatic carboxylic acids is 1. The minimum Gasteiger partial charge on any atom is -0.481 e. The molecule has 7 atom stereocenters. The Morgan fingerprint density at radius 3 is 1.97 bits per heavy atom. The van der Waals surface area contributed by atoms with Crippen molar-refractivity contribution in [1.82, 2.24) is 31.9 Å². The molecular weight excluding hydrogens is 953 g/mol. The Balaban J connectivity index is 1.79. The highest BCUT2D eigenvalue weighted by molar-refractivity contribution is 8.08. The molecule has 8 amide bonds. The molecule has 21 nitrogen and oxygen atoms in total. The number of thioether (sulfide) groups is 1. The number of carbonyl (C=O) groups excluding carboxylic acids is 10. The summed E-state index contributed by atoms with van der Waals surface area (Å²) in [5.41, 5.74) is 13.3. The lowest BCUT2D eigenvalue weighted by atomic mass is 9.88. The highest BCUT2D eigenvalue weighted by atomic mass is 32.2. The SMILES string of the molecule is COC(=O)/C=C(\C)C1=c2ccccc2=C2SC[C@@H](C(N)=O)NC(=O)[C@H](CCC(N)=O)NC(=O)[C@H](Cc3ccccc3)NC(=O)[C@H](C)NC(=O)[C@H](CCC(=O)O)NC(=O)CNC(=O)[C@@H](CC(C)=O)CCCCC21. The standard InChI is InChI=1S/C50H64N8O13S/c1-27(22-42(64)71-4)43-32-15-10-11-16-33(32)44-34(43)17-9-8-14-31(23-28(2)59)47(67)53-25-40(61)55-35(19-21-41(62)63)48(68)54-29(3)46(66)57-37(24-30-12-6-5-7-13-30)50(70)56-36(18-20-39(51)60)49(69)58-38(26-72-44)45(52)65/h5-7,10-13,15-16,22,29,31,34-38H,8-9,14,17-21,23-26H2,1-4H3,(H2,51,60)(H2,52,65)(H,53,67)(H,54,68)(H,55,61)(H,56,70)(H,57,66)(H,58,69)(H,62,63)/b27-22+/t29-,31+,34?,35-,36-,37-,38-/m0/s1. The number of rotatable bonds is 13. The van der Waals surface area contributed by atoms with Crippen molar-refractivity contribution in [2.75, 3.05) is 19.4 Å². The second kappa shape index (κ2) is 27.9. The van der Waals surface area contributed by atoms with Gasteiger partial charge in [-0.3, -0.25) is 43.2 Å². The van der Waals surface area contributed by atoms with Crippen LogP contribution < -0.4 is 53.8 Å². The van der Waals surface area contributed by atoms with Crippen LogP contribution in [-0.2, 0) is 63.9 Å².